The van der Waals surface area contributed by atoms with Crippen LogP contribution in [0.1, 0.15) is 232 Å². The predicted octanol–water partition coefficient (Wildman–Crippen LogP) is 19.1. The minimum atomic E-state index is -4.65. The highest BCUT2D eigenvalue weighted by atomic mass is 31.2. The largest absolute Gasteiger partial charge is 0.756 e. The van der Waals surface area contributed by atoms with Crippen LogP contribution in [0.2, 0.25) is 0 Å². The van der Waals surface area contributed by atoms with E-state index in [-0.39, 0.29) is 26.1 Å². The molecule has 2 atom stereocenters. The summed E-state index contributed by atoms with van der Waals surface area (Å²) in [5, 5.41) is 0. The third-order valence-electron chi connectivity index (χ3n) is 12.7. The van der Waals surface area contributed by atoms with Crippen LogP contribution in [0.3, 0.4) is 0 Å². The molecule has 0 rings (SSSR count). The first-order chi connectivity index (χ1) is 38.0. The van der Waals surface area contributed by atoms with Gasteiger partial charge in [0.1, 0.15) is 19.8 Å². The van der Waals surface area contributed by atoms with E-state index in [0.717, 1.165) is 128 Å². The number of hydrogen-bond donors (Lipinski definition) is 0. The number of unbranched alkanes of at least 4 members (excludes halogenated alkanes) is 19. The van der Waals surface area contributed by atoms with Gasteiger partial charge in [0.05, 0.1) is 27.7 Å². The number of phosphoric acid groups is 1. The maximum Gasteiger partial charge on any atom is 0.306 e. The Bertz CT molecular complexity index is 1780. The van der Waals surface area contributed by atoms with Crippen molar-refractivity contribution in [1.29, 1.82) is 0 Å². The lowest BCUT2D eigenvalue weighted by Crippen LogP contribution is -2.37. The molecule has 0 aromatic rings. The van der Waals surface area contributed by atoms with Gasteiger partial charge in [-0.25, -0.2) is 0 Å². The second-order valence-electron chi connectivity index (χ2n) is 21.3. The monoisotopic (exact) mass is 1100 g/mol. The topological polar surface area (TPSA) is 111 Å². The fraction of sp³-hybridized carbons (Fsp3) is 0.647. The number of carbonyl (C=O) groups excluding carboxylic acids is 2. The van der Waals surface area contributed by atoms with E-state index < -0.39 is 32.5 Å². The molecule has 0 aliphatic carbocycles. The Labute approximate surface area is 479 Å². The summed E-state index contributed by atoms with van der Waals surface area (Å²) in [5.74, 6) is -0.860. The molecule has 0 N–H and O–H groups in total. The van der Waals surface area contributed by atoms with Crippen molar-refractivity contribution in [3.63, 3.8) is 0 Å². The lowest BCUT2D eigenvalue weighted by Gasteiger charge is -2.28. The Morgan fingerprint density at radius 3 is 1.09 bits per heavy atom. The van der Waals surface area contributed by atoms with Crippen molar-refractivity contribution >= 4 is 19.8 Å². The zero-order chi connectivity index (χ0) is 57.0. The Kier molecular flexibility index (Phi) is 55.0. The van der Waals surface area contributed by atoms with Crippen LogP contribution in [-0.4, -0.2) is 70.0 Å². The first-order valence-electron chi connectivity index (χ1n) is 30.9. The number of rotatable bonds is 55. The maximum absolute atomic E-state index is 12.8. The Hall–Kier alpha value is -3.85. The molecule has 9 nitrogen and oxygen atoms in total. The van der Waals surface area contributed by atoms with Crippen LogP contribution in [0.25, 0.3) is 0 Å². The molecule has 0 saturated heterocycles. The third kappa shape index (κ3) is 61.4. The molecule has 0 radical (unpaired) electrons. The summed E-state index contributed by atoms with van der Waals surface area (Å²) in [6.45, 7) is 4.07. The first-order valence-corrected chi connectivity index (χ1v) is 32.4. The van der Waals surface area contributed by atoms with Gasteiger partial charge < -0.3 is 27.9 Å². The highest BCUT2D eigenvalue weighted by molar-refractivity contribution is 7.45. The molecule has 10 heteroatoms. The maximum atomic E-state index is 12.8. The normalized spacial score (nSPS) is 14.2. The van der Waals surface area contributed by atoms with Crippen LogP contribution in [0.5, 0.6) is 0 Å². The fourth-order valence-electron chi connectivity index (χ4n) is 7.91. The molecule has 0 heterocycles. The van der Waals surface area contributed by atoms with Gasteiger partial charge in [-0.3, -0.25) is 14.2 Å². The van der Waals surface area contributed by atoms with E-state index in [1.165, 1.54) is 64.2 Å². The summed E-state index contributed by atoms with van der Waals surface area (Å²) in [4.78, 5) is 37.9. The van der Waals surface area contributed by atoms with Gasteiger partial charge >= 0.3 is 11.9 Å². The Morgan fingerprint density at radius 1 is 0.410 bits per heavy atom. The summed E-state index contributed by atoms with van der Waals surface area (Å²) in [5.41, 5.74) is 0. The first kappa shape index (κ1) is 74.2. The summed E-state index contributed by atoms with van der Waals surface area (Å²) in [6.07, 6.45) is 83.5. The smallest absolute Gasteiger partial charge is 0.306 e. The summed E-state index contributed by atoms with van der Waals surface area (Å²) < 4.78 is 34.2. The van der Waals surface area contributed by atoms with Gasteiger partial charge in [0.25, 0.3) is 7.82 Å². The Balaban J connectivity index is 4.17. The lowest BCUT2D eigenvalue weighted by molar-refractivity contribution is -0.870. The summed E-state index contributed by atoms with van der Waals surface area (Å²) in [6, 6.07) is 0. The van der Waals surface area contributed by atoms with Crippen molar-refractivity contribution in [3.05, 3.63) is 134 Å². The van der Waals surface area contributed by atoms with E-state index in [1.54, 1.807) is 0 Å². The molecule has 0 saturated carbocycles. The quantitative estimate of drug-likeness (QED) is 0.0195. The molecule has 0 spiro atoms. The molecule has 0 aliphatic heterocycles. The number of esters is 2. The van der Waals surface area contributed by atoms with E-state index >= 15 is 0 Å². The van der Waals surface area contributed by atoms with Gasteiger partial charge in [-0.1, -0.05) is 237 Å². The number of nitrogens with zero attached hydrogens (tertiary/aromatic N) is 1. The second-order valence-corrected chi connectivity index (χ2v) is 22.7. The van der Waals surface area contributed by atoms with Gasteiger partial charge in [0.2, 0.25) is 0 Å². The molecule has 0 bridgehead atoms. The third-order valence-corrected chi connectivity index (χ3v) is 13.6. The minimum absolute atomic E-state index is 0.0407. The van der Waals surface area contributed by atoms with Crippen LogP contribution >= 0.6 is 7.82 Å². The number of quaternary nitrogens is 1. The van der Waals surface area contributed by atoms with E-state index in [0.29, 0.717) is 23.9 Å². The number of phosphoric ester groups is 1. The number of hydrogen-bond acceptors (Lipinski definition) is 8. The summed E-state index contributed by atoms with van der Waals surface area (Å²) in [7, 11) is 1.14. The van der Waals surface area contributed by atoms with Crippen molar-refractivity contribution in [2.24, 2.45) is 0 Å². The average molecular weight is 1100 g/mol. The lowest BCUT2D eigenvalue weighted by atomic mass is 10.0. The second kappa shape index (κ2) is 57.8. The molecule has 0 aromatic heterocycles. The van der Waals surface area contributed by atoms with Crippen molar-refractivity contribution in [2.75, 3.05) is 47.5 Å². The van der Waals surface area contributed by atoms with Gasteiger partial charge in [0, 0.05) is 12.8 Å². The molecule has 2 unspecified atom stereocenters. The van der Waals surface area contributed by atoms with Crippen LogP contribution in [-0.2, 0) is 32.7 Å². The molecule has 0 aliphatic rings. The highest BCUT2D eigenvalue weighted by Gasteiger charge is 2.22. The fourth-order valence-corrected chi connectivity index (χ4v) is 8.64. The van der Waals surface area contributed by atoms with Crippen LogP contribution in [0, 0.1) is 0 Å². The number of ether oxygens (including phenoxy) is 2. The minimum Gasteiger partial charge on any atom is -0.756 e. The number of likely N-dealkylation sites (N-methyl/N-ethyl adjacent to an activating group) is 1. The molecule has 0 amide bonds. The van der Waals surface area contributed by atoms with Gasteiger partial charge in [-0.2, -0.15) is 0 Å². The standard InChI is InChI=1S/C68H114NO8P/c1-6-8-10-12-14-16-18-20-22-24-26-27-28-29-30-31-32-33-34-35-36-37-38-39-40-41-43-45-47-49-51-53-55-57-59-61-68(71)77-66(65-76-78(72,73)75-63-62-69(3,4)5)64-74-67(70)60-58-56-54-52-50-48-46-44-42-25-23-21-19-17-15-13-11-9-7-2/h8,10,14-17,20-23,26-27,29-30,32-33,35-36,38-39,42,44,66H,6-7,9,11-13,18-19,24-25,28,31,34,37,40-41,43,45-65H2,1-5H3/b10-8-,16-14-,17-15-,22-20-,23-21-,27-26-,30-29-,33-32-,36-35-,39-38-,44-42-. The molecule has 78 heavy (non-hydrogen) atoms. The van der Waals surface area contributed by atoms with Crippen molar-refractivity contribution in [3.8, 4) is 0 Å². The van der Waals surface area contributed by atoms with Crippen molar-refractivity contribution in [2.45, 2.75) is 238 Å². The number of allylic oxidation sites excluding steroid dienone is 22. The predicted molar refractivity (Wildman–Crippen MR) is 332 cm³/mol. The van der Waals surface area contributed by atoms with Crippen LogP contribution in [0.15, 0.2) is 134 Å². The molecule has 0 aromatic carbocycles. The SMILES string of the molecule is CC/C=C\C/C=C\C/C=C\C/C=C\C/C=C\C/C=C\C/C=C\C/C=C\CCCCCCCCCCCCC(=O)OC(COC(=O)CCCCCCCC/C=C\C/C=C\C/C=C\CCCCC)COP(=O)([O-])OCC[N+](C)(C)C. The zero-order valence-electron chi connectivity index (χ0n) is 50.3. The Morgan fingerprint density at radius 2 is 0.731 bits per heavy atom. The molecule has 444 valence electrons. The molecular weight excluding hydrogens is 990 g/mol. The van der Waals surface area contributed by atoms with E-state index in [2.05, 4.69) is 148 Å². The molecule has 0 fully saturated rings. The summed E-state index contributed by atoms with van der Waals surface area (Å²) >= 11 is 0. The van der Waals surface area contributed by atoms with Crippen molar-refractivity contribution in [1.82, 2.24) is 0 Å². The van der Waals surface area contributed by atoms with Crippen LogP contribution in [0.4, 0.5) is 0 Å². The van der Waals surface area contributed by atoms with Crippen molar-refractivity contribution < 1.29 is 42.1 Å². The average Bonchev–Trinajstić information content (AvgIpc) is 3.41. The number of carbonyl (C=O) groups is 2. The zero-order valence-corrected chi connectivity index (χ0v) is 51.2. The van der Waals surface area contributed by atoms with Gasteiger partial charge in [-0.15, -0.1) is 0 Å². The van der Waals surface area contributed by atoms with E-state index in [1.807, 2.05) is 21.1 Å². The van der Waals surface area contributed by atoms with E-state index in [4.69, 9.17) is 18.5 Å². The highest BCUT2D eigenvalue weighted by Crippen LogP contribution is 2.38. The van der Waals surface area contributed by atoms with E-state index in [9.17, 15) is 19.0 Å². The van der Waals surface area contributed by atoms with Gasteiger partial charge in [-0.05, 0) is 116 Å². The van der Waals surface area contributed by atoms with Gasteiger partial charge in [0.15, 0.2) is 6.10 Å². The van der Waals surface area contributed by atoms with Crippen LogP contribution < -0.4 is 4.89 Å². The molecular formula is C68H114NO8P.